The van der Waals surface area contributed by atoms with Gasteiger partial charge < -0.3 is 4.74 Å². The Labute approximate surface area is 133 Å². The second-order valence-corrected chi connectivity index (χ2v) is 6.03. The number of ether oxygens (including phenoxy) is 1. The smallest absolute Gasteiger partial charge is 0.294 e. The Morgan fingerprint density at radius 2 is 1.83 bits per heavy atom. The molecule has 3 aromatic carbocycles. The number of nitrogens with zero attached hydrogens (tertiary/aromatic N) is 2. The van der Waals surface area contributed by atoms with Crippen LogP contribution in [-0.4, -0.2) is 4.98 Å². The van der Waals surface area contributed by atoms with Gasteiger partial charge in [-0.05, 0) is 30.0 Å². The summed E-state index contributed by atoms with van der Waals surface area (Å²) in [6.07, 6.45) is 0. The molecule has 1 aliphatic heterocycles. The summed E-state index contributed by atoms with van der Waals surface area (Å²) in [6, 6.07) is 18.7. The summed E-state index contributed by atoms with van der Waals surface area (Å²) in [5.74, 6) is 1.57. The third kappa shape index (κ3) is 1.59. The summed E-state index contributed by atoms with van der Waals surface area (Å²) in [6.45, 7) is 2.15. The fourth-order valence-electron chi connectivity index (χ4n) is 3.56. The number of para-hydroxylation sites is 2. The van der Waals surface area contributed by atoms with Crippen LogP contribution in [0.2, 0.25) is 0 Å². The molecule has 0 saturated heterocycles. The Hall–Kier alpha value is -2.94. The van der Waals surface area contributed by atoms with Gasteiger partial charge in [0.25, 0.3) is 11.6 Å². The second-order valence-electron chi connectivity index (χ2n) is 6.03. The van der Waals surface area contributed by atoms with Gasteiger partial charge in [-0.1, -0.05) is 36.4 Å². The molecule has 0 saturated carbocycles. The van der Waals surface area contributed by atoms with Crippen LogP contribution < -0.4 is 9.30 Å². The summed E-state index contributed by atoms with van der Waals surface area (Å²) in [5.41, 5.74) is 5.55. The topological polar surface area (TPSA) is 26.0 Å². The van der Waals surface area contributed by atoms with Gasteiger partial charge in [-0.3, -0.25) is 0 Å². The molecule has 0 N–H and O–H groups in total. The van der Waals surface area contributed by atoms with E-state index in [4.69, 9.17) is 9.72 Å². The van der Waals surface area contributed by atoms with Crippen LogP contribution in [0.1, 0.15) is 5.56 Å². The van der Waals surface area contributed by atoms with Gasteiger partial charge >= 0.3 is 0 Å². The zero-order valence-electron chi connectivity index (χ0n) is 13.0. The first-order chi connectivity index (χ1) is 11.2. The van der Waals surface area contributed by atoms with Crippen molar-refractivity contribution in [3.05, 3.63) is 60.2 Å². The van der Waals surface area contributed by atoms with Crippen molar-refractivity contribution < 1.29 is 9.30 Å². The predicted octanol–water partition coefficient (Wildman–Crippen LogP) is 4.29. The fourth-order valence-corrected chi connectivity index (χ4v) is 3.56. The number of rotatable bonds is 0. The lowest BCUT2D eigenvalue weighted by atomic mass is 9.94. The lowest BCUT2D eigenvalue weighted by molar-refractivity contribution is -0.634. The number of hydrogen-bond acceptors (Lipinski definition) is 2. The number of benzene rings is 3. The number of aryl methyl sites for hydroxylation is 2. The molecule has 0 fully saturated rings. The summed E-state index contributed by atoms with van der Waals surface area (Å²) >= 11 is 0. The minimum atomic E-state index is 0.681. The molecule has 4 aromatic rings. The molecule has 110 valence electrons. The predicted molar refractivity (Wildman–Crippen MR) is 90.7 cm³/mol. The van der Waals surface area contributed by atoms with Gasteiger partial charge in [-0.15, -0.1) is 0 Å². The van der Waals surface area contributed by atoms with Crippen molar-refractivity contribution in [2.75, 3.05) is 0 Å². The maximum Gasteiger partial charge on any atom is 0.294 e. The maximum atomic E-state index is 6.16. The van der Waals surface area contributed by atoms with Gasteiger partial charge in [-0.25, -0.2) is 4.98 Å². The molecule has 0 unspecified atom stereocenters. The monoisotopic (exact) mass is 299 g/mol. The second kappa shape index (κ2) is 4.29. The van der Waals surface area contributed by atoms with Gasteiger partial charge in [0.15, 0.2) is 0 Å². The quantitative estimate of drug-likeness (QED) is 0.399. The highest BCUT2D eigenvalue weighted by atomic mass is 16.5. The first-order valence-electron chi connectivity index (χ1n) is 7.73. The van der Waals surface area contributed by atoms with Crippen LogP contribution in [0.5, 0.6) is 11.6 Å². The van der Waals surface area contributed by atoms with Crippen LogP contribution in [-0.2, 0) is 7.05 Å². The van der Waals surface area contributed by atoms with Crippen molar-refractivity contribution in [3.63, 3.8) is 0 Å². The first kappa shape index (κ1) is 12.6. The Balaban J connectivity index is 2.02. The molecule has 0 aliphatic carbocycles. The van der Waals surface area contributed by atoms with Crippen LogP contribution in [0.3, 0.4) is 0 Å². The minimum absolute atomic E-state index is 0.681. The summed E-state index contributed by atoms with van der Waals surface area (Å²) in [5, 5.41) is 2.37. The van der Waals surface area contributed by atoms with Gasteiger partial charge in [0, 0.05) is 11.5 Å². The molecule has 1 aliphatic rings. The molecular formula is C20H15N2O+. The Morgan fingerprint density at radius 1 is 0.957 bits per heavy atom. The molecule has 5 rings (SSSR count). The molecule has 3 nitrogen and oxygen atoms in total. The van der Waals surface area contributed by atoms with E-state index in [1.807, 2.05) is 30.3 Å². The maximum absolute atomic E-state index is 6.16. The Morgan fingerprint density at radius 3 is 2.74 bits per heavy atom. The number of hydrogen-bond donors (Lipinski definition) is 0. The number of aromatic nitrogens is 2. The van der Waals surface area contributed by atoms with E-state index < -0.39 is 0 Å². The molecule has 23 heavy (non-hydrogen) atoms. The largest absolute Gasteiger partial charge is 0.433 e. The van der Waals surface area contributed by atoms with Crippen molar-refractivity contribution in [3.8, 4) is 22.9 Å². The van der Waals surface area contributed by atoms with E-state index in [1.54, 1.807) is 0 Å². The van der Waals surface area contributed by atoms with Gasteiger partial charge in [0.05, 0.1) is 5.56 Å². The van der Waals surface area contributed by atoms with Crippen molar-refractivity contribution in [1.82, 2.24) is 4.98 Å². The Bertz CT molecular complexity index is 1120. The summed E-state index contributed by atoms with van der Waals surface area (Å²) in [7, 11) is 2.08. The lowest BCUT2D eigenvalue weighted by Crippen LogP contribution is -2.34. The van der Waals surface area contributed by atoms with Crippen molar-refractivity contribution in [1.29, 1.82) is 0 Å². The zero-order chi connectivity index (χ0) is 15.6. The van der Waals surface area contributed by atoms with Crippen LogP contribution in [0.4, 0.5) is 0 Å². The van der Waals surface area contributed by atoms with E-state index in [0.29, 0.717) is 5.88 Å². The minimum Gasteiger partial charge on any atom is -0.433 e. The third-order valence-electron chi connectivity index (χ3n) is 4.66. The molecule has 0 bridgehead atoms. The van der Waals surface area contributed by atoms with Crippen molar-refractivity contribution in [2.45, 2.75) is 6.92 Å². The van der Waals surface area contributed by atoms with Gasteiger partial charge in [-0.2, -0.15) is 4.57 Å². The summed E-state index contributed by atoms with van der Waals surface area (Å²) < 4.78 is 8.35. The molecule has 2 heterocycles. The molecule has 3 heteroatoms. The molecule has 0 spiro atoms. The molecular weight excluding hydrogens is 284 g/mol. The van der Waals surface area contributed by atoms with Crippen molar-refractivity contribution in [2.24, 2.45) is 7.05 Å². The molecule has 0 amide bonds. The first-order valence-corrected chi connectivity index (χ1v) is 7.73. The standard InChI is InChI=1S/C20H15N2O/c1-12-10-11-13-6-5-9-16-18(13)17(12)19-20(23-16)21-14-7-3-4-8-15(14)22(19)2/h3-11H,1-2H3/q+1. The van der Waals surface area contributed by atoms with E-state index in [-0.39, 0.29) is 0 Å². The highest BCUT2D eigenvalue weighted by molar-refractivity contribution is 6.03. The van der Waals surface area contributed by atoms with E-state index >= 15 is 0 Å². The van der Waals surface area contributed by atoms with Crippen LogP contribution >= 0.6 is 0 Å². The van der Waals surface area contributed by atoms with Gasteiger partial charge in [0.2, 0.25) is 5.52 Å². The molecule has 0 atom stereocenters. The lowest BCUT2D eigenvalue weighted by Gasteiger charge is -2.20. The van der Waals surface area contributed by atoms with E-state index in [2.05, 4.69) is 42.8 Å². The molecule has 1 aromatic heterocycles. The average molecular weight is 299 g/mol. The van der Waals surface area contributed by atoms with E-state index in [0.717, 1.165) is 22.5 Å². The third-order valence-corrected chi connectivity index (χ3v) is 4.66. The highest BCUT2D eigenvalue weighted by Gasteiger charge is 2.31. The van der Waals surface area contributed by atoms with Gasteiger partial charge in [0.1, 0.15) is 18.3 Å². The van der Waals surface area contributed by atoms with Crippen LogP contribution in [0.25, 0.3) is 33.1 Å². The normalized spacial score (nSPS) is 12.3. The van der Waals surface area contributed by atoms with E-state index in [1.165, 1.54) is 21.9 Å². The van der Waals surface area contributed by atoms with Crippen LogP contribution in [0, 0.1) is 6.92 Å². The van der Waals surface area contributed by atoms with Crippen molar-refractivity contribution >= 4 is 21.8 Å². The average Bonchev–Trinajstić information content (AvgIpc) is 2.57. The summed E-state index contributed by atoms with van der Waals surface area (Å²) in [4.78, 5) is 4.76. The number of fused-ring (bicyclic) bond motifs is 3. The zero-order valence-corrected chi connectivity index (χ0v) is 13.0. The van der Waals surface area contributed by atoms with Crippen LogP contribution in [0.15, 0.2) is 54.6 Å². The van der Waals surface area contributed by atoms with E-state index in [9.17, 15) is 0 Å². The SMILES string of the molecule is Cc1ccc2cccc3c2c1-c1c(nc2ccccc2[n+]1C)O3. The Kier molecular flexibility index (Phi) is 2.35. The molecule has 0 radical (unpaired) electrons. The fraction of sp³-hybridized carbons (Fsp3) is 0.100. The highest BCUT2D eigenvalue weighted by Crippen LogP contribution is 2.45.